The van der Waals surface area contributed by atoms with E-state index in [9.17, 15) is 19.5 Å². The quantitative estimate of drug-likeness (QED) is 0.178. The minimum absolute atomic E-state index is 0.00818. The van der Waals surface area contributed by atoms with E-state index in [4.69, 9.17) is 23.2 Å². The Morgan fingerprint density at radius 1 is 1.02 bits per heavy atom. The second-order valence-electron chi connectivity index (χ2n) is 10.8. The van der Waals surface area contributed by atoms with Crippen molar-refractivity contribution in [3.8, 4) is 28.1 Å². The number of aromatic nitrogens is 3. The number of nitrogens with zero attached hydrogens (tertiary/aromatic N) is 4. The van der Waals surface area contributed by atoms with Crippen molar-refractivity contribution in [3.05, 3.63) is 86.9 Å². The van der Waals surface area contributed by atoms with Crippen molar-refractivity contribution >= 4 is 46.5 Å². The van der Waals surface area contributed by atoms with E-state index in [-0.39, 0.29) is 39.6 Å². The average molecular weight is 651 g/mol. The van der Waals surface area contributed by atoms with E-state index in [1.165, 1.54) is 35.6 Å². The average Bonchev–Trinajstić information content (AvgIpc) is 3.44. The Morgan fingerprint density at radius 2 is 1.78 bits per heavy atom. The number of pyridine rings is 1. The number of anilines is 2. The van der Waals surface area contributed by atoms with Crippen molar-refractivity contribution in [2.24, 2.45) is 0 Å². The highest BCUT2D eigenvalue weighted by Gasteiger charge is 2.21. The molecule has 1 aliphatic rings. The molecule has 4 aromatic rings. The number of carbonyl (C=O) groups is 2. The minimum atomic E-state index is -0.725. The lowest BCUT2D eigenvalue weighted by Crippen LogP contribution is -2.31. The largest absolute Gasteiger partial charge is 0.508 e. The number of likely N-dealkylation sites (tertiary alicyclic amines) is 1. The van der Waals surface area contributed by atoms with Gasteiger partial charge in [-0.05, 0) is 81.2 Å². The van der Waals surface area contributed by atoms with Gasteiger partial charge in [0.2, 0.25) is 0 Å². The summed E-state index contributed by atoms with van der Waals surface area (Å²) in [6.07, 6.45) is 5.84. The van der Waals surface area contributed by atoms with Gasteiger partial charge in [0.05, 0.1) is 21.4 Å². The third-order valence-electron chi connectivity index (χ3n) is 7.72. The van der Waals surface area contributed by atoms with Crippen LogP contribution in [0.25, 0.3) is 22.4 Å². The number of aryl methyl sites for hydroxylation is 1. The van der Waals surface area contributed by atoms with Gasteiger partial charge in [0.15, 0.2) is 0 Å². The van der Waals surface area contributed by atoms with Crippen LogP contribution in [0.5, 0.6) is 5.75 Å². The Kier molecular flexibility index (Phi) is 10.0. The van der Waals surface area contributed by atoms with Crippen LogP contribution in [0.15, 0.2) is 65.7 Å². The molecule has 0 unspecified atom stereocenters. The summed E-state index contributed by atoms with van der Waals surface area (Å²) < 4.78 is 1.24. The molecule has 234 valence electrons. The fourth-order valence-corrected chi connectivity index (χ4v) is 5.81. The van der Waals surface area contributed by atoms with Crippen LogP contribution in [-0.4, -0.2) is 62.9 Å². The highest BCUT2D eigenvalue weighted by Crippen LogP contribution is 2.31. The number of amides is 3. The van der Waals surface area contributed by atoms with E-state index in [1.54, 1.807) is 19.1 Å². The molecule has 45 heavy (non-hydrogen) atoms. The van der Waals surface area contributed by atoms with Crippen LogP contribution in [0.4, 0.5) is 16.2 Å². The lowest BCUT2D eigenvalue weighted by molar-refractivity contribution is 0.0950. The van der Waals surface area contributed by atoms with Crippen molar-refractivity contribution in [2.75, 3.05) is 30.8 Å². The van der Waals surface area contributed by atoms with E-state index < -0.39 is 11.6 Å². The first-order valence-electron chi connectivity index (χ1n) is 14.6. The van der Waals surface area contributed by atoms with Gasteiger partial charge < -0.3 is 26.0 Å². The number of urea groups is 1. The van der Waals surface area contributed by atoms with Crippen LogP contribution in [0.2, 0.25) is 10.0 Å². The van der Waals surface area contributed by atoms with Gasteiger partial charge in [0.25, 0.3) is 11.5 Å². The Bertz CT molecular complexity index is 1780. The molecule has 1 fully saturated rings. The van der Waals surface area contributed by atoms with Crippen LogP contribution in [0.3, 0.4) is 0 Å². The van der Waals surface area contributed by atoms with Crippen molar-refractivity contribution in [1.29, 1.82) is 0 Å². The molecule has 3 amide bonds. The van der Waals surface area contributed by atoms with Gasteiger partial charge in [-0.1, -0.05) is 41.4 Å². The summed E-state index contributed by atoms with van der Waals surface area (Å²) in [4.78, 5) is 45.0. The molecule has 5 rings (SSSR count). The molecule has 1 atom stereocenters. The number of rotatable bonds is 9. The van der Waals surface area contributed by atoms with Gasteiger partial charge in [-0.3, -0.25) is 14.6 Å². The lowest BCUT2D eigenvalue weighted by atomic mass is 9.99. The van der Waals surface area contributed by atoms with Gasteiger partial charge in [-0.2, -0.15) is 5.10 Å². The zero-order valence-electron chi connectivity index (χ0n) is 24.8. The maximum Gasteiger partial charge on any atom is 0.323 e. The van der Waals surface area contributed by atoms with Crippen LogP contribution in [-0.2, 0) is 6.54 Å². The normalized spacial score (nSPS) is 14.7. The molecule has 4 N–H and O–H groups in total. The Labute approximate surface area is 270 Å². The van der Waals surface area contributed by atoms with Crippen molar-refractivity contribution < 1.29 is 14.7 Å². The molecular weight excluding hydrogens is 617 g/mol. The smallest absolute Gasteiger partial charge is 0.323 e. The van der Waals surface area contributed by atoms with E-state index in [0.29, 0.717) is 35.0 Å². The molecule has 0 saturated carbocycles. The molecule has 1 aliphatic heterocycles. The van der Waals surface area contributed by atoms with Crippen LogP contribution < -0.4 is 21.5 Å². The second kappa shape index (κ2) is 14.1. The predicted octanol–water partition coefficient (Wildman–Crippen LogP) is 5.86. The monoisotopic (exact) mass is 649 g/mol. The zero-order valence-corrected chi connectivity index (χ0v) is 26.3. The number of hydrogen-bond acceptors (Lipinski definition) is 7. The number of nitrogens with one attached hydrogen (secondary N) is 3. The first-order chi connectivity index (χ1) is 21.6. The zero-order chi connectivity index (χ0) is 32.1. The molecule has 1 saturated heterocycles. The molecule has 0 aliphatic carbocycles. The van der Waals surface area contributed by atoms with Crippen molar-refractivity contribution in [2.45, 2.75) is 38.8 Å². The lowest BCUT2D eigenvalue weighted by Gasteiger charge is -2.19. The first kappa shape index (κ1) is 32.0. The number of hydrogen-bond donors (Lipinski definition) is 4. The molecule has 0 bridgehead atoms. The number of halogens is 2. The highest BCUT2D eigenvalue weighted by atomic mass is 35.5. The summed E-state index contributed by atoms with van der Waals surface area (Å²) in [5.74, 6) is -0.299. The summed E-state index contributed by atoms with van der Waals surface area (Å²) in [5.41, 5.74) is 2.41. The fraction of sp³-hybridized carbons (Fsp3) is 0.281. The Morgan fingerprint density at radius 3 is 2.49 bits per heavy atom. The fourth-order valence-electron chi connectivity index (χ4n) is 5.35. The number of phenolic OH excluding ortho intramolecular Hbond substituents is 1. The Balaban J connectivity index is 1.37. The third kappa shape index (κ3) is 7.62. The molecule has 11 nitrogen and oxygen atoms in total. The SMILES string of the molecule is CCn1nc(-c2cccc(-c3cc(O)cc(C(=O)NCC[C@H]4CCCN4C)c3)c2)cc(NC(=O)Nc2c(Cl)cncc2Cl)c1=O. The van der Waals surface area contributed by atoms with Crippen LogP contribution >= 0.6 is 23.2 Å². The maximum atomic E-state index is 13.0. The number of carbonyl (C=O) groups excluding carboxylic acids is 2. The summed E-state index contributed by atoms with van der Waals surface area (Å²) in [5, 5.41) is 23.3. The maximum absolute atomic E-state index is 13.0. The molecule has 0 spiro atoms. The van der Waals surface area contributed by atoms with Gasteiger partial charge >= 0.3 is 6.03 Å². The summed E-state index contributed by atoms with van der Waals surface area (Å²) in [7, 11) is 2.10. The van der Waals surface area contributed by atoms with E-state index >= 15 is 0 Å². The molecule has 2 aromatic heterocycles. The third-order valence-corrected chi connectivity index (χ3v) is 8.29. The summed E-state index contributed by atoms with van der Waals surface area (Å²) in [6, 6.07) is 13.3. The molecule has 13 heteroatoms. The van der Waals surface area contributed by atoms with Gasteiger partial charge in [-0.15, -0.1) is 0 Å². The minimum Gasteiger partial charge on any atom is -0.508 e. The molecular formula is C32H33Cl2N7O4. The molecule has 3 heterocycles. The summed E-state index contributed by atoms with van der Waals surface area (Å²) >= 11 is 12.2. The number of phenols is 1. The second-order valence-corrected chi connectivity index (χ2v) is 11.6. The van der Waals surface area contributed by atoms with E-state index in [1.807, 2.05) is 24.3 Å². The number of aromatic hydroxyl groups is 1. The van der Waals surface area contributed by atoms with Crippen LogP contribution in [0.1, 0.15) is 36.5 Å². The number of benzene rings is 2. The predicted molar refractivity (Wildman–Crippen MR) is 176 cm³/mol. The van der Waals surface area contributed by atoms with Gasteiger partial charge in [0, 0.05) is 42.7 Å². The molecule has 2 aromatic carbocycles. The molecule has 0 radical (unpaired) electrons. The van der Waals surface area contributed by atoms with Crippen molar-refractivity contribution in [1.82, 2.24) is 25.0 Å². The topological polar surface area (TPSA) is 141 Å². The van der Waals surface area contributed by atoms with Crippen LogP contribution in [0, 0.1) is 0 Å². The van der Waals surface area contributed by atoms with E-state index in [2.05, 4.69) is 38.0 Å². The van der Waals surface area contributed by atoms with E-state index in [0.717, 1.165) is 24.9 Å². The van der Waals surface area contributed by atoms with Gasteiger partial charge in [0.1, 0.15) is 11.4 Å². The standard InChI is InChI=1S/C32H33Cl2N7O4/c1-3-41-31(44)28(37-32(45)38-29-25(33)17-35-18-26(29)34)16-27(39-41)20-7-4-6-19(12-20)21-13-22(15-24(42)14-21)30(43)36-10-9-23-8-5-11-40(23)2/h4,6-7,12-18,23,42H,3,5,8-11H2,1-2H3,(H,36,43)(H2,35,37,38,45)/t23-/m1/s1. The highest BCUT2D eigenvalue weighted by molar-refractivity contribution is 6.39. The first-order valence-corrected chi connectivity index (χ1v) is 15.3. The van der Waals surface area contributed by atoms with Crippen molar-refractivity contribution in [3.63, 3.8) is 0 Å². The van der Waals surface area contributed by atoms with Gasteiger partial charge in [-0.25, -0.2) is 9.48 Å². The Hall–Kier alpha value is -4.45. The summed E-state index contributed by atoms with van der Waals surface area (Å²) in [6.45, 7) is 3.64.